The number of aromatic amines is 1. The first-order valence-corrected chi connectivity index (χ1v) is 5.86. The monoisotopic (exact) mass is 297 g/mol. The van der Waals surface area contributed by atoms with Crippen LogP contribution in [0, 0.1) is 0 Å². The van der Waals surface area contributed by atoms with E-state index >= 15 is 0 Å². The number of benzene rings is 1. The maximum atomic E-state index is 12.4. The van der Waals surface area contributed by atoms with Gasteiger partial charge in [0.1, 0.15) is 5.69 Å². The summed E-state index contributed by atoms with van der Waals surface area (Å²) in [5.74, 6) is -0.536. The average molecular weight is 297 g/mol. The van der Waals surface area contributed by atoms with Crippen molar-refractivity contribution >= 4 is 5.91 Å². The standard InChI is InChI=1S/C13H10F3N3O2/c14-13(15,16)9-3-1-8(2-4-9)7-17-12(21)10-5-6-11(20)19-18-10/h1-6H,7H2,(H,17,21)(H,19,20). The van der Waals surface area contributed by atoms with Gasteiger partial charge in [0.15, 0.2) is 0 Å². The van der Waals surface area contributed by atoms with Crippen LogP contribution in [0.2, 0.25) is 0 Å². The first-order chi connectivity index (χ1) is 9.86. The van der Waals surface area contributed by atoms with E-state index in [2.05, 4.69) is 15.5 Å². The molecule has 110 valence electrons. The van der Waals surface area contributed by atoms with Gasteiger partial charge in [0, 0.05) is 12.6 Å². The lowest BCUT2D eigenvalue weighted by Gasteiger charge is -2.08. The second-order valence-electron chi connectivity index (χ2n) is 4.18. The number of hydrogen-bond donors (Lipinski definition) is 2. The summed E-state index contributed by atoms with van der Waals surface area (Å²) in [4.78, 5) is 22.5. The zero-order chi connectivity index (χ0) is 15.5. The van der Waals surface area contributed by atoms with E-state index in [9.17, 15) is 22.8 Å². The molecule has 2 aromatic rings. The maximum Gasteiger partial charge on any atom is 0.416 e. The Bertz CT molecular complexity index is 673. The lowest BCUT2D eigenvalue weighted by molar-refractivity contribution is -0.137. The van der Waals surface area contributed by atoms with Crippen LogP contribution in [0.1, 0.15) is 21.6 Å². The molecule has 0 aliphatic carbocycles. The number of H-pyrrole nitrogens is 1. The van der Waals surface area contributed by atoms with E-state index < -0.39 is 23.2 Å². The highest BCUT2D eigenvalue weighted by atomic mass is 19.4. The van der Waals surface area contributed by atoms with Gasteiger partial charge in [-0.15, -0.1) is 0 Å². The summed E-state index contributed by atoms with van der Waals surface area (Å²) in [5.41, 5.74) is -0.656. The molecular weight excluding hydrogens is 287 g/mol. The lowest BCUT2D eigenvalue weighted by atomic mass is 10.1. The molecule has 0 bridgehead atoms. The number of carbonyl (C=O) groups is 1. The van der Waals surface area contributed by atoms with E-state index in [1.54, 1.807) is 0 Å². The van der Waals surface area contributed by atoms with Crippen molar-refractivity contribution in [1.29, 1.82) is 0 Å². The summed E-state index contributed by atoms with van der Waals surface area (Å²) in [6.45, 7) is 0.0534. The lowest BCUT2D eigenvalue weighted by Crippen LogP contribution is -2.25. The molecule has 2 rings (SSSR count). The number of rotatable bonds is 3. The van der Waals surface area contributed by atoms with Crippen LogP contribution >= 0.6 is 0 Å². The molecule has 1 amide bonds. The highest BCUT2D eigenvalue weighted by molar-refractivity contribution is 5.91. The zero-order valence-electron chi connectivity index (χ0n) is 10.6. The molecule has 0 aliphatic heterocycles. The van der Waals surface area contributed by atoms with Crippen LogP contribution in [-0.2, 0) is 12.7 Å². The number of aromatic nitrogens is 2. The summed E-state index contributed by atoms with van der Waals surface area (Å²) in [5, 5.41) is 8.14. The number of hydrogen-bond acceptors (Lipinski definition) is 3. The van der Waals surface area contributed by atoms with Crippen molar-refractivity contribution in [3.8, 4) is 0 Å². The molecule has 8 heteroatoms. The molecule has 1 aromatic heterocycles. The molecule has 0 radical (unpaired) electrons. The highest BCUT2D eigenvalue weighted by Crippen LogP contribution is 2.28. The molecule has 0 unspecified atom stereocenters. The minimum absolute atomic E-state index is 0.0153. The first-order valence-electron chi connectivity index (χ1n) is 5.86. The predicted octanol–water partition coefficient (Wildman–Crippen LogP) is 1.72. The quantitative estimate of drug-likeness (QED) is 0.905. The molecule has 1 aromatic carbocycles. The van der Waals surface area contributed by atoms with Crippen molar-refractivity contribution in [1.82, 2.24) is 15.5 Å². The zero-order valence-corrected chi connectivity index (χ0v) is 10.6. The van der Waals surface area contributed by atoms with E-state index in [0.717, 1.165) is 18.2 Å². The Balaban J connectivity index is 1.98. The molecule has 1 heterocycles. The molecule has 21 heavy (non-hydrogen) atoms. The Morgan fingerprint density at radius 1 is 1.14 bits per heavy atom. The number of halogens is 3. The summed E-state index contributed by atoms with van der Waals surface area (Å²) in [6.07, 6.45) is -4.39. The molecule has 0 fully saturated rings. The number of amides is 1. The molecule has 2 N–H and O–H groups in total. The van der Waals surface area contributed by atoms with Crippen molar-refractivity contribution in [2.24, 2.45) is 0 Å². The van der Waals surface area contributed by atoms with E-state index in [1.165, 1.54) is 18.2 Å². The largest absolute Gasteiger partial charge is 0.416 e. The van der Waals surface area contributed by atoms with E-state index in [-0.39, 0.29) is 12.2 Å². The molecule has 5 nitrogen and oxygen atoms in total. The summed E-state index contributed by atoms with van der Waals surface area (Å²) < 4.78 is 37.1. The first kappa shape index (κ1) is 14.8. The van der Waals surface area contributed by atoms with Gasteiger partial charge in [-0.3, -0.25) is 9.59 Å². The number of nitrogens with one attached hydrogen (secondary N) is 2. The van der Waals surface area contributed by atoms with Crippen molar-refractivity contribution in [3.05, 3.63) is 63.6 Å². The topological polar surface area (TPSA) is 74.8 Å². The summed E-state index contributed by atoms with van der Waals surface area (Å²) in [6, 6.07) is 6.85. The molecule has 0 saturated heterocycles. The number of carbonyl (C=O) groups excluding carboxylic acids is 1. The highest BCUT2D eigenvalue weighted by Gasteiger charge is 2.29. The van der Waals surface area contributed by atoms with Crippen LogP contribution in [0.15, 0.2) is 41.2 Å². The third kappa shape index (κ3) is 3.91. The van der Waals surface area contributed by atoms with Gasteiger partial charge >= 0.3 is 6.18 Å². The van der Waals surface area contributed by atoms with Gasteiger partial charge in [0.05, 0.1) is 5.56 Å². The van der Waals surface area contributed by atoms with Crippen LogP contribution in [-0.4, -0.2) is 16.1 Å². The summed E-state index contributed by atoms with van der Waals surface area (Å²) >= 11 is 0. The van der Waals surface area contributed by atoms with Crippen LogP contribution in [0.5, 0.6) is 0 Å². The molecule has 0 saturated carbocycles. The van der Waals surface area contributed by atoms with Crippen molar-refractivity contribution in [2.45, 2.75) is 12.7 Å². The van der Waals surface area contributed by atoms with Crippen LogP contribution in [0.4, 0.5) is 13.2 Å². The Kier molecular flexibility index (Phi) is 4.06. The Hall–Kier alpha value is -2.64. The molecule has 0 aliphatic rings. The SMILES string of the molecule is O=C(NCc1ccc(C(F)(F)F)cc1)c1ccc(=O)[nH]n1. The van der Waals surface area contributed by atoms with Crippen LogP contribution in [0.3, 0.4) is 0 Å². The van der Waals surface area contributed by atoms with Gasteiger partial charge in [-0.25, -0.2) is 5.10 Å². The van der Waals surface area contributed by atoms with Gasteiger partial charge in [0.25, 0.3) is 11.5 Å². The predicted molar refractivity (Wildman–Crippen MR) is 67.5 cm³/mol. The molecular formula is C13H10F3N3O2. The second-order valence-corrected chi connectivity index (χ2v) is 4.18. The minimum atomic E-state index is -4.39. The summed E-state index contributed by atoms with van der Waals surface area (Å²) in [7, 11) is 0. The van der Waals surface area contributed by atoms with Gasteiger partial charge in [0.2, 0.25) is 0 Å². The van der Waals surface area contributed by atoms with E-state index in [4.69, 9.17) is 0 Å². The number of alkyl halides is 3. The van der Waals surface area contributed by atoms with Gasteiger partial charge in [-0.05, 0) is 23.8 Å². The van der Waals surface area contributed by atoms with Crippen LogP contribution < -0.4 is 10.9 Å². The van der Waals surface area contributed by atoms with Crippen molar-refractivity contribution in [3.63, 3.8) is 0 Å². The maximum absolute atomic E-state index is 12.4. The smallest absolute Gasteiger partial charge is 0.347 e. The molecule has 0 atom stereocenters. The van der Waals surface area contributed by atoms with E-state index in [1.807, 2.05) is 0 Å². The Morgan fingerprint density at radius 3 is 2.33 bits per heavy atom. The minimum Gasteiger partial charge on any atom is -0.347 e. The van der Waals surface area contributed by atoms with Gasteiger partial charge < -0.3 is 5.32 Å². The normalized spacial score (nSPS) is 11.2. The van der Waals surface area contributed by atoms with Crippen LogP contribution in [0.25, 0.3) is 0 Å². The van der Waals surface area contributed by atoms with Gasteiger partial charge in [-0.1, -0.05) is 12.1 Å². The van der Waals surface area contributed by atoms with E-state index in [0.29, 0.717) is 5.56 Å². The fourth-order valence-electron chi connectivity index (χ4n) is 1.56. The molecule has 0 spiro atoms. The van der Waals surface area contributed by atoms with Gasteiger partial charge in [-0.2, -0.15) is 18.3 Å². The second kappa shape index (κ2) is 5.78. The van der Waals surface area contributed by atoms with Crippen molar-refractivity contribution in [2.75, 3.05) is 0 Å². The van der Waals surface area contributed by atoms with Crippen molar-refractivity contribution < 1.29 is 18.0 Å². The third-order valence-electron chi connectivity index (χ3n) is 2.65. The fourth-order valence-corrected chi connectivity index (χ4v) is 1.56. The Morgan fingerprint density at radius 2 is 1.81 bits per heavy atom. The fraction of sp³-hybridized carbons (Fsp3) is 0.154. The third-order valence-corrected chi connectivity index (χ3v) is 2.65. The number of nitrogens with zero attached hydrogens (tertiary/aromatic N) is 1. The average Bonchev–Trinajstić information content (AvgIpc) is 2.45. The Labute approximate surface area is 116 Å².